The van der Waals surface area contributed by atoms with E-state index in [1.54, 1.807) is 7.11 Å². The zero-order valence-electron chi connectivity index (χ0n) is 14.6. The normalized spacial score (nSPS) is 20.3. The van der Waals surface area contributed by atoms with E-state index in [-0.39, 0.29) is 11.8 Å². The first-order valence-electron chi connectivity index (χ1n) is 8.67. The monoisotopic (exact) mass is 323 g/mol. The summed E-state index contributed by atoms with van der Waals surface area (Å²) in [5.74, 6) is 1.82. The summed E-state index contributed by atoms with van der Waals surface area (Å²) in [4.78, 5) is 12.6. The third-order valence-electron chi connectivity index (χ3n) is 5.03. The number of benzene rings is 2. The molecule has 1 amide bonds. The number of amides is 1. The Labute approximate surface area is 144 Å². The van der Waals surface area contributed by atoms with Crippen molar-refractivity contribution in [2.24, 2.45) is 5.92 Å². The average molecular weight is 323 g/mol. The topological polar surface area (TPSA) is 38.3 Å². The zero-order chi connectivity index (χ0) is 17.1. The molecule has 3 rings (SSSR count). The molecule has 126 valence electrons. The van der Waals surface area contributed by atoms with E-state index in [1.807, 2.05) is 30.3 Å². The molecule has 3 unspecified atom stereocenters. The predicted molar refractivity (Wildman–Crippen MR) is 97.6 cm³/mol. The number of hydrogen-bond donors (Lipinski definition) is 1. The first-order valence-corrected chi connectivity index (χ1v) is 8.67. The van der Waals surface area contributed by atoms with Crippen LogP contribution >= 0.6 is 0 Å². The number of ether oxygens (including phenoxy) is 1. The van der Waals surface area contributed by atoms with Gasteiger partial charge in [0.05, 0.1) is 7.11 Å². The van der Waals surface area contributed by atoms with Crippen molar-refractivity contribution in [1.82, 2.24) is 0 Å². The molecule has 3 heteroatoms. The molecule has 1 N–H and O–H groups in total. The number of para-hydroxylation sites is 1. The lowest BCUT2D eigenvalue weighted by atomic mass is 9.97. The highest BCUT2D eigenvalue weighted by Crippen LogP contribution is 2.48. The van der Waals surface area contributed by atoms with Crippen molar-refractivity contribution < 1.29 is 9.53 Å². The van der Waals surface area contributed by atoms with Gasteiger partial charge in [-0.25, -0.2) is 0 Å². The van der Waals surface area contributed by atoms with Crippen LogP contribution < -0.4 is 10.1 Å². The molecule has 0 spiro atoms. The maximum Gasteiger partial charge on any atom is 0.228 e. The van der Waals surface area contributed by atoms with Crippen molar-refractivity contribution in [2.45, 2.75) is 38.5 Å². The lowest BCUT2D eigenvalue weighted by Gasteiger charge is -2.15. The summed E-state index contributed by atoms with van der Waals surface area (Å²) < 4.78 is 5.19. The number of anilines is 1. The van der Waals surface area contributed by atoms with Crippen molar-refractivity contribution >= 4 is 11.6 Å². The molecule has 0 aromatic heterocycles. The highest BCUT2D eigenvalue weighted by Gasteiger charge is 2.44. The van der Waals surface area contributed by atoms with Crippen molar-refractivity contribution in [2.75, 3.05) is 12.4 Å². The van der Waals surface area contributed by atoms with Gasteiger partial charge in [-0.2, -0.15) is 0 Å². The minimum Gasteiger partial charge on any atom is -0.497 e. The fourth-order valence-corrected chi connectivity index (χ4v) is 3.19. The van der Waals surface area contributed by atoms with Gasteiger partial charge in [0.15, 0.2) is 0 Å². The van der Waals surface area contributed by atoms with E-state index in [0.29, 0.717) is 11.8 Å². The maximum atomic E-state index is 12.6. The molecule has 24 heavy (non-hydrogen) atoms. The van der Waals surface area contributed by atoms with Gasteiger partial charge in [-0.3, -0.25) is 4.79 Å². The summed E-state index contributed by atoms with van der Waals surface area (Å²) in [6.45, 7) is 4.37. The van der Waals surface area contributed by atoms with Crippen LogP contribution in [0.1, 0.15) is 49.7 Å². The van der Waals surface area contributed by atoms with Gasteiger partial charge < -0.3 is 10.1 Å². The standard InChI is InChI=1S/C21H25NO2/c1-4-14(2)17-7-5-6-8-20(17)22-21(23)19-13-18(19)15-9-11-16(24-3)12-10-15/h5-12,14,18-19H,4,13H2,1-3H3,(H,22,23). The third kappa shape index (κ3) is 3.45. The Morgan fingerprint density at radius 2 is 1.92 bits per heavy atom. The summed E-state index contributed by atoms with van der Waals surface area (Å²) in [5.41, 5.74) is 3.39. The second kappa shape index (κ2) is 7.08. The molecule has 1 fully saturated rings. The first kappa shape index (κ1) is 16.6. The van der Waals surface area contributed by atoms with Crippen LogP contribution in [0, 0.1) is 5.92 Å². The molecular formula is C21H25NO2. The summed E-state index contributed by atoms with van der Waals surface area (Å²) in [6, 6.07) is 16.2. The van der Waals surface area contributed by atoms with Gasteiger partial charge in [0, 0.05) is 11.6 Å². The SMILES string of the molecule is CCC(C)c1ccccc1NC(=O)C1CC1c1ccc(OC)cc1. The molecule has 0 aliphatic heterocycles. The maximum absolute atomic E-state index is 12.6. The molecule has 2 aromatic carbocycles. The van der Waals surface area contributed by atoms with Crippen LogP contribution in [0.3, 0.4) is 0 Å². The Kier molecular flexibility index (Phi) is 4.89. The average Bonchev–Trinajstić information content (AvgIpc) is 3.42. The molecule has 0 heterocycles. The van der Waals surface area contributed by atoms with E-state index in [2.05, 4.69) is 37.4 Å². The quantitative estimate of drug-likeness (QED) is 0.816. The van der Waals surface area contributed by atoms with Gasteiger partial charge in [-0.1, -0.05) is 44.2 Å². The van der Waals surface area contributed by atoms with Gasteiger partial charge in [0.2, 0.25) is 5.91 Å². The zero-order valence-corrected chi connectivity index (χ0v) is 14.6. The van der Waals surface area contributed by atoms with Crippen LogP contribution in [-0.2, 0) is 4.79 Å². The van der Waals surface area contributed by atoms with Crippen molar-refractivity contribution in [1.29, 1.82) is 0 Å². The summed E-state index contributed by atoms with van der Waals surface area (Å²) in [7, 11) is 1.66. The number of nitrogens with one attached hydrogen (secondary N) is 1. The molecule has 0 saturated heterocycles. The van der Waals surface area contributed by atoms with E-state index in [1.165, 1.54) is 11.1 Å². The lowest BCUT2D eigenvalue weighted by molar-refractivity contribution is -0.117. The van der Waals surface area contributed by atoms with Crippen LogP contribution in [-0.4, -0.2) is 13.0 Å². The van der Waals surface area contributed by atoms with Crippen molar-refractivity contribution in [3.8, 4) is 5.75 Å². The molecule has 1 aliphatic rings. The Balaban J connectivity index is 1.67. The molecule has 3 atom stereocenters. The first-order chi connectivity index (χ1) is 11.6. The Morgan fingerprint density at radius 1 is 1.21 bits per heavy atom. The molecule has 0 radical (unpaired) electrons. The van der Waals surface area contributed by atoms with Gasteiger partial charge >= 0.3 is 0 Å². The number of carbonyl (C=O) groups is 1. The number of rotatable bonds is 6. The number of methoxy groups -OCH3 is 1. The van der Waals surface area contributed by atoms with Crippen molar-refractivity contribution in [3.05, 3.63) is 59.7 Å². The fourth-order valence-electron chi connectivity index (χ4n) is 3.19. The van der Waals surface area contributed by atoms with Crippen molar-refractivity contribution in [3.63, 3.8) is 0 Å². The highest BCUT2D eigenvalue weighted by molar-refractivity contribution is 5.96. The van der Waals surface area contributed by atoms with E-state index in [9.17, 15) is 4.79 Å². The fraction of sp³-hybridized carbons (Fsp3) is 0.381. The summed E-state index contributed by atoms with van der Waals surface area (Å²) in [5, 5.41) is 3.15. The van der Waals surface area contributed by atoms with E-state index in [0.717, 1.165) is 24.3 Å². The van der Waals surface area contributed by atoms with Gasteiger partial charge in [0.1, 0.15) is 5.75 Å². The number of carbonyl (C=O) groups excluding carboxylic acids is 1. The number of hydrogen-bond acceptors (Lipinski definition) is 2. The Bertz CT molecular complexity index is 708. The minimum absolute atomic E-state index is 0.0726. The molecule has 3 nitrogen and oxygen atoms in total. The minimum atomic E-state index is 0.0726. The Morgan fingerprint density at radius 3 is 2.58 bits per heavy atom. The van der Waals surface area contributed by atoms with Gasteiger partial charge in [-0.05, 0) is 54.0 Å². The molecular weight excluding hydrogens is 298 g/mol. The molecule has 1 aliphatic carbocycles. The summed E-state index contributed by atoms with van der Waals surface area (Å²) >= 11 is 0. The van der Waals surface area contributed by atoms with Crippen LogP contribution in [0.15, 0.2) is 48.5 Å². The molecule has 1 saturated carbocycles. The molecule has 0 bridgehead atoms. The second-order valence-corrected chi connectivity index (χ2v) is 6.61. The largest absolute Gasteiger partial charge is 0.497 e. The summed E-state index contributed by atoms with van der Waals surface area (Å²) in [6.07, 6.45) is 1.98. The van der Waals surface area contributed by atoms with Crippen LogP contribution in [0.4, 0.5) is 5.69 Å². The van der Waals surface area contributed by atoms with Crippen LogP contribution in [0.25, 0.3) is 0 Å². The highest BCUT2D eigenvalue weighted by atomic mass is 16.5. The third-order valence-corrected chi connectivity index (χ3v) is 5.03. The second-order valence-electron chi connectivity index (χ2n) is 6.61. The van der Waals surface area contributed by atoms with E-state index < -0.39 is 0 Å². The van der Waals surface area contributed by atoms with E-state index >= 15 is 0 Å². The van der Waals surface area contributed by atoms with Crippen LogP contribution in [0.5, 0.6) is 5.75 Å². The Hall–Kier alpha value is -2.29. The predicted octanol–water partition coefficient (Wildman–Crippen LogP) is 4.95. The van der Waals surface area contributed by atoms with Gasteiger partial charge in [0.25, 0.3) is 0 Å². The van der Waals surface area contributed by atoms with Crippen LogP contribution in [0.2, 0.25) is 0 Å². The van der Waals surface area contributed by atoms with Gasteiger partial charge in [-0.15, -0.1) is 0 Å². The smallest absolute Gasteiger partial charge is 0.228 e. The van der Waals surface area contributed by atoms with E-state index in [4.69, 9.17) is 4.74 Å². The lowest BCUT2D eigenvalue weighted by Crippen LogP contribution is -2.16. The molecule has 2 aromatic rings.